The van der Waals surface area contributed by atoms with E-state index in [9.17, 15) is 0 Å². The maximum Gasteiger partial charge on any atom is 0.0590 e. The molecule has 0 atom stereocenters. The second-order valence-corrected chi connectivity index (χ2v) is 5.35. The van der Waals surface area contributed by atoms with Crippen molar-refractivity contribution in [1.29, 1.82) is 0 Å². The normalized spacial score (nSPS) is 23.7. The van der Waals surface area contributed by atoms with Gasteiger partial charge in [-0.25, -0.2) is 0 Å². The Kier molecular flexibility index (Phi) is 4.35. The molecule has 9 heavy (non-hydrogen) atoms. The van der Waals surface area contributed by atoms with Gasteiger partial charge in [0, 0.05) is 5.75 Å². The van der Waals surface area contributed by atoms with E-state index in [1.807, 2.05) is 0 Å². The van der Waals surface area contributed by atoms with Crippen molar-refractivity contribution in [3.63, 3.8) is 0 Å². The standard InChI is InChI=1S/C6H12S3/c7-5-6-8-3-1-2-4-9-6/h6-7H,1-5H2. The molecule has 3 heteroatoms. The summed E-state index contributed by atoms with van der Waals surface area (Å²) in [5.74, 6) is 3.73. The number of thiol groups is 1. The molecule has 1 aliphatic heterocycles. The molecule has 0 saturated carbocycles. The van der Waals surface area contributed by atoms with Gasteiger partial charge >= 0.3 is 0 Å². The summed E-state index contributed by atoms with van der Waals surface area (Å²) in [6, 6.07) is 0. The van der Waals surface area contributed by atoms with E-state index >= 15 is 0 Å². The van der Waals surface area contributed by atoms with Crippen LogP contribution in [0.1, 0.15) is 12.8 Å². The van der Waals surface area contributed by atoms with E-state index in [1.54, 1.807) is 0 Å². The fourth-order valence-electron chi connectivity index (χ4n) is 0.787. The highest BCUT2D eigenvalue weighted by atomic mass is 32.2. The largest absolute Gasteiger partial charge is 0.177 e. The van der Waals surface area contributed by atoms with Crippen LogP contribution in [0, 0.1) is 0 Å². The average molecular weight is 180 g/mol. The molecule has 1 fully saturated rings. The first-order chi connectivity index (χ1) is 4.43. The van der Waals surface area contributed by atoms with Gasteiger partial charge in [-0.15, -0.1) is 23.5 Å². The second kappa shape index (κ2) is 4.80. The second-order valence-electron chi connectivity index (χ2n) is 2.06. The zero-order chi connectivity index (χ0) is 6.53. The van der Waals surface area contributed by atoms with Gasteiger partial charge in [-0.3, -0.25) is 0 Å². The highest BCUT2D eigenvalue weighted by Gasteiger charge is 2.09. The van der Waals surface area contributed by atoms with E-state index in [1.165, 1.54) is 24.3 Å². The Morgan fingerprint density at radius 3 is 2.22 bits per heavy atom. The monoisotopic (exact) mass is 180 g/mol. The Bertz CT molecular complexity index is 66.7. The molecule has 0 unspecified atom stereocenters. The van der Waals surface area contributed by atoms with Gasteiger partial charge in [-0.2, -0.15) is 12.6 Å². The zero-order valence-corrected chi connectivity index (χ0v) is 7.90. The van der Waals surface area contributed by atoms with Gasteiger partial charge in [0.25, 0.3) is 0 Å². The average Bonchev–Trinajstić information content (AvgIpc) is 2.13. The van der Waals surface area contributed by atoms with E-state index < -0.39 is 0 Å². The zero-order valence-electron chi connectivity index (χ0n) is 5.38. The molecule has 0 amide bonds. The van der Waals surface area contributed by atoms with Crippen molar-refractivity contribution in [2.24, 2.45) is 0 Å². The molecular weight excluding hydrogens is 168 g/mol. The number of hydrogen-bond donors (Lipinski definition) is 1. The van der Waals surface area contributed by atoms with Crippen LogP contribution in [-0.2, 0) is 0 Å². The van der Waals surface area contributed by atoms with Gasteiger partial charge in [0.05, 0.1) is 4.58 Å². The van der Waals surface area contributed by atoms with Gasteiger partial charge in [0.15, 0.2) is 0 Å². The van der Waals surface area contributed by atoms with Crippen molar-refractivity contribution in [2.75, 3.05) is 17.3 Å². The summed E-state index contributed by atoms with van der Waals surface area (Å²) in [6.45, 7) is 0. The minimum atomic E-state index is 0.774. The molecule has 0 N–H and O–H groups in total. The quantitative estimate of drug-likeness (QED) is 0.616. The molecule has 0 nitrogen and oxygen atoms in total. The summed E-state index contributed by atoms with van der Waals surface area (Å²) in [5.41, 5.74) is 0. The summed E-state index contributed by atoms with van der Waals surface area (Å²) in [7, 11) is 0. The molecule has 1 rings (SSSR count). The SMILES string of the molecule is SCC1SCCCCS1. The molecule has 0 aliphatic carbocycles. The van der Waals surface area contributed by atoms with Crippen LogP contribution in [0.3, 0.4) is 0 Å². The molecular formula is C6H12S3. The highest BCUT2D eigenvalue weighted by Crippen LogP contribution is 2.29. The summed E-state index contributed by atoms with van der Waals surface area (Å²) in [6.07, 6.45) is 2.81. The fourth-order valence-corrected chi connectivity index (χ4v) is 3.86. The van der Waals surface area contributed by atoms with Crippen molar-refractivity contribution >= 4 is 36.2 Å². The van der Waals surface area contributed by atoms with Crippen molar-refractivity contribution < 1.29 is 0 Å². The van der Waals surface area contributed by atoms with Gasteiger partial charge in [0.2, 0.25) is 0 Å². The van der Waals surface area contributed by atoms with Crippen LogP contribution in [-0.4, -0.2) is 21.8 Å². The van der Waals surface area contributed by atoms with Crippen molar-refractivity contribution in [3.05, 3.63) is 0 Å². The first-order valence-corrected chi connectivity index (χ1v) is 6.00. The third kappa shape index (κ3) is 3.10. The van der Waals surface area contributed by atoms with Crippen molar-refractivity contribution in [1.82, 2.24) is 0 Å². The molecule has 0 aromatic heterocycles. The molecule has 0 aromatic rings. The lowest BCUT2D eigenvalue weighted by Crippen LogP contribution is -1.97. The highest BCUT2D eigenvalue weighted by molar-refractivity contribution is 8.17. The summed E-state index contributed by atoms with van der Waals surface area (Å²) in [4.78, 5) is 0. The van der Waals surface area contributed by atoms with E-state index in [0.717, 1.165) is 10.3 Å². The van der Waals surface area contributed by atoms with Crippen LogP contribution < -0.4 is 0 Å². The lowest BCUT2D eigenvalue weighted by Gasteiger charge is -2.07. The number of rotatable bonds is 1. The Balaban J connectivity index is 2.18. The van der Waals surface area contributed by atoms with Gasteiger partial charge in [0.1, 0.15) is 0 Å². The third-order valence-electron chi connectivity index (χ3n) is 1.30. The molecule has 1 saturated heterocycles. The van der Waals surface area contributed by atoms with E-state index in [-0.39, 0.29) is 0 Å². The molecule has 54 valence electrons. The molecule has 0 spiro atoms. The number of hydrogen-bond acceptors (Lipinski definition) is 3. The molecule has 1 aliphatic rings. The van der Waals surface area contributed by atoms with Gasteiger partial charge < -0.3 is 0 Å². The molecule has 0 radical (unpaired) electrons. The Hall–Kier alpha value is 1.05. The van der Waals surface area contributed by atoms with E-state index in [0.29, 0.717) is 0 Å². The summed E-state index contributed by atoms with van der Waals surface area (Å²) < 4.78 is 0.774. The predicted molar refractivity (Wildman–Crippen MR) is 51.8 cm³/mol. The van der Waals surface area contributed by atoms with Crippen LogP contribution >= 0.6 is 36.2 Å². The maximum absolute atomic E-state index is 4.27. The fraction of sp³-hybridized carbons (Fsp3) is 1.00. The van der Waals surface area contributed by atoms with E-state index in [4.69, 9.17) is 0 Å². The van der Waals surface area contributed by atoms with Crippen molar-refractivity contribution in [3.8, 4) is 0 Å². The molecule has 1 heterocycles. The summed E-state index contributed by atoms with van der Waals surface area (Å²) >= 11 is 8.41. The Labute approximate surface area is 71.0 Å². The Morgan fingerprint density at radius 1 is 1.22 bits per heavy atom. The topological polar surface area (TPSA) is 0 Å². The minimum absolute atomic E-state index is 0.774. The number of thioether (sulfide) groups is 2. The lowest BCUT2D eigenvalue weighted by atomic mass is 10.4. The van der Waals surface area contributed by atoms with Gasteiger partial charge in [-0.05, 0) is 24.3 Å². The first-order valence-electron chi connectivity index (χ1n) is 3.27. The predicted octanol–water partition coefficient (Wildman–Crippen LogP) is 2.50. The van der Waals surface area contributed by atoms with Crippen LogP contribution in [0.2, 0.25) is 0 Å². The van der Waals surface area contributed by atoms with Crippen LogP contribution in [0.5, 0.6) is 0 Å². The Morgan fingerprint density at radius 2 is 1.78 bits per heavy atom. The van der Waals surface area contributed by atoms with Crippen molar-refractivity contribution in [2.45, 2.75) is 17.4 Å². The van der Waals surface area contributed by atoms with Crippen LogP contribution in [0.25, 0.3) is 0 Å². The van der Waals surface area contributed by atoms with Crippen LogP contribution in [0.4, 0.5) is 0 Å². The third-order valence-corrected chi connectivity index (χ3v) is 5.10. The van der Waals surface area contributed by atoms with Crippen LogP contribution in [0.15, 0.2) is 0 Å². The summed E-state index contributed by atoms with van der Waals surface area (Å²) in [5, 5.41) is 0. The maximum atomic E-state index is 4.27. The van der Waals surface area contributed by atoms with E-state index in [2.05, 4.69) is 36.2 Å². The molecule has 0 bridgehead atoms. The minimum Gasteiger partial charge on any atom is -0.177 e. The lowest BCUT2D eigenvalue weighted by molar-refractivity contribution is 0.912. The van der Waals surface area contributed by atoms with Gasteiger partial charge in [-0.1, -0.05) is 0 Å². The smallest absolute Gasteiger partial charge is 0.0590 e. The molecule has 0 aromatic carbocycles. The first kappa shape index (κ1) is 8.15.